The smallest absolute Gasteiger partial charge is 0.342 e. The Morgan fingerprint density at radius 2 is 1.38 bits per heavy atom. The first-order chi connectivity index (χ1) is 6.44. The van der Waals surface area contributed by atoms with E-state index in [0.29, 0.717) is 5.04 Å². The average Bonchev–Trinajstić information content (AvgIpc) is 1.95. The molecule has 3 heteroatoms. The third kappa shape index (κ3) is 4.57. The SMILES string of the molecule is [CH2-]CCN(C(C)(C)C)[Si](C)(C)C(C)(C)C.[Li+]. The van der Waals surface area contributed by atoms with Gasteiger partial charge in [0.2, 0.25) is 0 Å². The maximum absolute atomic E-state index is 4.02. The fraction of sp³-hybridized carbons (Fsp3) is 0.923. The molecule has 0 atom stereocenters. The van der Waals surface area contributed by atoms with Gasteiger partial charge in [-0.3, -0.25) is 0 Å². The van der Waals surface area contributed by atoms with Crippen LogP contribution in [0.1, 0.15) is 48.0 Å². The Labute approximate surface area is 117 Å². The first-order valence-corrected chi connectivity index (χ1v) is 8.96. The number of hydrogen-bond donors (Lipinski definition) is 0. The van der Waals surface area contributed by atoms with Crippen LogP contribution in [0.15, 0.2) is 0 Å². The van der Waals surface area contributed by atoms with Crippen LogP contribution in [0.25, 0.3) is 0 Å². The quantitative estimate of drug-likeness (QED) is 0.527. The van der Waals surface area contributed by atoms with E-state index in [1.54, 1.807) is 0 Å². The molecule has 1 nitrogen and oxygen atoms in total. The number of nitrogens with zero attached hydrogens (tertiary/aromatic N) is 1. The molecule has 0 amide bonds. The first kappa shape index (κ1) is 19.1. The van der Waals surface area contributed by atoms with Gasteiger partial charge < -0.3 is 11.5 Å². The monoisotopic (exact) mass is 235 g/mol. The summed E-state index contributed by atoms with van der Waals surface area (Å²) < 4.78 is 2.72. The van der Waals surface area contributed by atoms with Crippen LogP contribution in [0.2, 0.25) is 18.1 Å². The van der Waals surface area contributed by atoms with Crippen molar-refractivity contribution in [1.29, 1.82) is 0 Å². The van der Waals surface area contributed by atoms with Crippen molar-refractivity contribution in [1.82, 2.24) is 4.57 Å². The molecule has 0 saturated carbocycles. The fourth-order valence-electron chi connectivity index (χ4n) is 2.02. The molecular formula is C13H30LiNSi. The van der Waals surface area contributed by atoms with Crippen LogP contribution in [0, 0.1) is 6.92 Å². The maximum Gasteiger partial charge on any atom is 1.00 e. The second-order valence-electron chi connectivity index (χ2n) is 6.99. The van der Waals surface area contributed by atoms with Crippen LogP contribution in [0.5, 0.6) is 0 Å². The molecule has 0 saturated heterocycles. The van der Waals surface area contributed by atoms with E-state index in [0.717, 1.165) is 13.0 Å². The van der Waals surface area contributed by atoms with Crippen LogP contribution in [0.3, 0.4) is 0 Å². The van der Waals surface area contributed by atoms with Gasteiger partial charge in [-0.05, 0) is 32.4 Å². The Morgan fingerprint density at radius 1 is 1.00 bits per heavy atom. The predicted octanol–water partition coefficient (Wildman–Crippen LogP) is 1.32. The molecule has 0 aliphatic rings. The van der Waals surface area contributed by atoms with Crippen molar-refractivity contribution in [2.45, 2.75) is 71.6 Å². The molecule has 0 aliphatic carbocycles. The zero-order chi connectivity index (χ0) is 12.5. The Kier molecular flexibility index (Phi) is 7.28. The molecule has 0 rings (SSSR count). The zero-order valence-corrected chi connectivity index (χ0v) is 14.1. The van der Waals surface area contributed by atoms with Crippen LogP contribution >= 0.6 is 0 Å². The normalized spacial score (nSPS) is 13.9. The summed E-state index contributed by atoms with van der Waals surface area (Å²) in [5.74, 6) is 0. The maximum atomic E-state index is 4.02. The van der Waals surface area contributed by atoms with Crippen molar-refractivity contribution in [2.24, 2.45) is 0 Å². The summed E-state index contributed by atoms with van der Waals surface area (Å²) in [7, 11) is -1.40. The Hall–Kier alpha value is 0.774. The summed E-state index contributed by atoms with van der Waals surface area (Å²) in [5.41, 5.74) is 0.265. The topological polar surface area (TPSA) is 3.24 Å². The Bertz CT molecular complexity index is 201. The average molecular weight is 235 g/mol. The van der Waals surface area contributed by atoms with Gasteiger partial charge in [0.1, 0.15) is 8.24 Å². The largest absolute Gasteiger partial charge is 1.00 e. The molecule has 0 spiro atoms. The summed E-state index contributed by atoms with van der Waals surface area (Å²) in [6.45, 7) is 24.2. The number of hydrogen-bond acceptors (Lipinski definition) is 1. The van der Waals surface area contributed by atoms with Crippen LogP contribution in [-0.2, 0) is 0 Å². The molecule has 0 radical (unpaired) electrons. The zero-order valence-electron chi connectivity index (χ0n) is 13.1. The molecule has 0 aromatic heterocycles. The molecule has 0 aromatic carbocycles. The van der Waals surface area contributed by atoms with Gasteiger partial charge in [0.15, 0.2) is 0 Å². The Morgan fingerprint density at radius 3 is 1.56 bits per heavy atom. The molecular weight excluding hydrogens is 205 g/mol. The molecule has 0 aliphatic heterocycles. The third-order valence-electron chi connectivity index (χ3n) is 3.70. The van der Waals surface area contributed by atoms with Gasteiger partial charge in [-0.2, -0.15) is 6.42 Å². The van der Waals surface area contributed by atoms with E-state index in [1.807, 2.05) is 0 Å². The van der Waals surface area contributed by atoms with Crippen LogP contribution < -0.4 is 18.9 Å². The van der Waals surface area contributed by atoms with Gasteiger partial charge in [0.05, 0.1) is 0 Å². The van der Waals surface area contributed by atoms with Crippen molar-refractivity contribution in [2.75, 3.05) is 6.54 Å². The van der Waals surface area contributed by atoms with E-state index in [-0.39, 0.29) is 24.4 Å². The molecule has 0 unspecified atom stereocenters. The molecule has 0 heterocycles. The van der Waals surface area contributed by atoms with Gasteiger partial charge in [-0.25, -0.2) is 0 Å². The van der Waals surface area contributed by atoms with E-state index in [4.69, 9.17) is 0 Å². The third-order valence-corrected chi connectivity index (χ3v) is 9.62. The van der Waals surface area contributed by atoms with E-state index in [9.17, 15) is 0 Å². The van der Waals surface area contributed by atoms with Crippen LogP contribution in [0.4, 0.5) is 0 Å². The molecule has 0 N–H and O–H groups in total. The van der Waals surface area contributed by atoms with Gasteiger partial charge in [-0.1, -0.05) is 33.9 Å². The first-order valence-electron chi connectivity index (χ1n) is 6.01. The van der Waals surface area contributed by atoms with Crippen LogP contribution in [-0.4, -0.2) is 24.9 Å². The van der Waals surface area contributed by atoms with Crippen molar-refractivity contribution in [3.63, 3.8) is 0 Å². The second-order valence-corrected chi connectivity index (χ2v) is 12.1. The van der Waals surface area contributed by atoms with Crippen molar-refractivity contribution in [3.05, 3.63) is 6.92 Å². The minimum Gasteiger partial charge on any atom is -0.342 e. The minimum atomic E-state index is -1.40. The molecule has 92 valence electrons. The summed E-state index contributed by atoms with van der Waals surface area (Å²) in [5, 5.41) is 0.412. The van der Waals surface area contributed by atoms with Crippen molar-refractivity contribution >= 4 is 8.24 Å². The summed E-state index contributed by atoms with van der Waals surface area (Å²) >= 11 is 0. The minimum absolute atomic E-state index is 0. The second kappa shape index (κ2) is 6.09. The van der Waals surface area contributed by atoms with Gasteiger partial charge in [-0.15, -0.1) is 0 Å². The standard InChI is InChI=1S/C13H30NSi.Li/c1-10-11-14(12(2,3)4)15(8,9)13(5,6)7;/h1,10-11H2,2-9H3;/q-1;+1. The summed E-state index contributed by atoms with van der Waals surface area (Å²) in [4.78, 5) is 0. The number of rotatable bonds is 3. The summed E-state index contributed by atoms with van der Waals surface area (Å²) in [6, 6.07) is 0. The van der Waals surface area contributed by atoms with E-state index in [1.165, 1.54) is 0 Å². The molecule has 16 heavy (non-hydrogen) atoms. The van der Waals surface area contributed by atoms with Crippen molar-refractivity contribution < 1.29 is 18.9 Å². The molecule has 0 fully saturated rings. The fourth-order valence-corrected chi connectivity index (χ4v) is 5.22. The van der Waals surface area contributed by atoms with E-state index in [2.05, 4.69) is 66.1 Å². The molecule has 0 bridgehead atoms. The molecule has 0 aromatic rings. The van der Waals surface area contributed by atoms with E-state index < -0.39 is 8.24 Å². The summed E-state index contributed by atoms with van der Waals surface area (Å²) in [6.07, 6.45) is 1.00. The van der Waals surface area contributed by atoms with E-state index >= 15 is 0 Å². The Balaban J connectivity index is 0. The van der Waals surface area contributed by atoms with Crippen molar-refractivity contribution in [3.8, 4) is 0 Å². The van der Waals surface area contributed by atoms with Gasteiger partial charge >= 0.3 is 18.9 Å². The predicted molar refractivity (Wildman–Crippen MR) is 73.6 cm³/mol. The van der Waals surface area contributed by atoms with Gasteiger partial charge in [0, 0.05) is 5.54 Å². The van der Waals surface area contributed by atoms with Gasteiger partial charge in [0.25, 0.3) is 0 Å².